The Morgan fingerprint density at radius 2 is 1.48 bits per heavy atom. The number of aryl methyl sites for hydroxylation is 2. The molecule has 0 saturated carbocycles. The van der Waals surface area contributed by atoms with Gasteiger partial charge < -0.3 is 4.57 Å². The van der Waals surface area contributed by atoms with Gasteiger partial charge in [0.25, 0.3) is 5.56 Å². The predicted octanol–water partition coefficient (Wildman–Crippen LogP) is 6.32. The number of hydrogen-bond donors (Lipinski definition) is 0. The van der Waals surface area contributed by atoms with E-state index < -0.39 is 15.4 Å². The maximum Gasteiger partial charge on any atom is 0.270 e. The Hall–Kier alpha value is -2.86. The minimum absolute atomic E-state index is 0.0850. The molecule has 33 heavy (non-hydrogen) atoms. The van der Waals surface area contributed by atoms with Gasteiger partial charge >= 0.3 is 0 Å². The van der Waals surface area contributed by atoms with E-state index in [0.29, 0.717) is 21.3 Å². The van der Waals surface area contributed by atoms with Gasteiger partial charge in [-0.05, 0) is 60.9 Å². The van der Waals surface area contributed by atoms with Crippen LogP contribution in [0, 0.1) is 13.8 Å². The maximum absolute atomic E-state index is 13.8. The van der Waals surface area contributed by atoms with Crippen molar-refractivity contribution in [3.63, 3.8) is 0 Å². The van der Waals surface area contributed by atoms with Gasteiger partial charge in [0.1, 0.15) is 4.90 Å². The summed E-state index contributed by atoms with van der Waals surface area (Å²) in [6, 6.07) is 22.7. The number of pyridine rings is 1. The summed E-state index contributed by atoms with van der Waals surface area (Å²) in [5.74, 6) is 0. The lowest BCUT2D eigenvalue weighted by atomic mass is 10.1. The first kappa shape index (κ1) is 23.3. The van der Waals surface area contributed by atoms with Crippen molar-refractivity contribution < 1.29 is 8.42 Å². The number of nitrogens with zero attached hydrogens (tertiary/aromatic N) is 1. The molecule has 0 N–H and O–H groups in total. The van der Waals surface area contributed by atoms with Gasteiger partial charge in [-0.3, -0.25) is 4.79 Å². The number of halogens is 2. The van der Waals surface area contributed by atoms with Gasteiger partial charge in [0, 0.05) is 0 Å². The first-order valence-electron chi connectivity index (χ1n) is 10.2. The SMILES string of the molecule is Cc1ccc(S(=O)(=O)c2c(C)cc(-c3ccccc3)n(Cc3ccc(Cl)c(Cl)c3)c2=O)cc1. The molecule has 0 atom stereocenters. The monoisotopic (exact) mass is 497 g/mol. The largest absolute Gasteiger partial charge is 0.303 e. The van der Waals surface area contributed by atoms with Gasteiger partial charge in [-0.2, -0.15) is 0 Å². The fraction of sp³-hybridized carbons (Fsp3) is 0.115. The van der Waals surface area contributed by atoms with Crippen molar-refractivity contribution in [3.8, 4) is 11.3 Å². The molecule has 0 spiro atoms. The van der Waals surface area contributed by atoms with Crippen LogP contribution in [-0.4, -0.2) is 13.0 Å². The van der Waals surface area contributed by atoms with Crippen LogP contribution in [0.1, 0.15) is 16.7 Å². The first-order chi connectivity index (χ1) is 15.7. The van der Waals surface area contributed by atoms with E-state index in [1.165, 1.54) is 16.7 Å². The van der Waals surface area contributed by atoms with Gasteiger partial charge in [-0.15, -0.1) is 0 Å². The Labute approximate surface area is 203 Å². The minimum atomic E-state index is -4.03. The van der Waals surface area contributed by atoms with E-state index >= 15 is 0 Å². The maximum atomic E-state index is 13.8. The zero-order valence-electron chi connectivity index (χ0n) is 18.0. The van der Waals surface area contributed by atoms with Crippen LogP contribution < -0.4 is 5.56 Å². The Bertz CT molecular complexity index is 1490. The third-order valence-electron chi connectivity index (χ3n) is 5.44. The lowest BCUT2D eigenvalue weighted by Gasteiger charge is -2.18. The van der Waals surface area contributed by atoms with Crippen molar-refractivity contribution in [2.45, 2.75) is 30.2 Å². The summed E-state index contributed by atoms with van der Waals surface area (Å²) in [5.41, 5.74) is 2.89. The van der Waals surface area contributed by atoms with Crippen LogP contribution in [0.3, 0.4) is 0 Å². The van der Waals surface area contributed by atoms with Crippen LogP contribution in [0.25, 0.3) is 11.3 Å². The normalized spacial score (nSPS) is 11.5. The smallest absolute Gasteiger partial charge is 0.270 e. The number of rotatable bonds is 5. The molecular formula is C26H21Cl2NO3S. The highest BCUT2D eigenvalue weighted by Gasteiger charge is 2.26. The molecule has 4 nitrogen and oxygen atoms in total. The molecule has 0 saturated heterocycles. The van der Waals surface area contributed by atoms with Crippen molar-refractivity contribution in [1.29, 1.82) is 0 Å². The van der Waals surface area contributed by atoms with Crippen LogP contribution in [-0.2, 0) is 16.4 Å². The molecule has 0 aliphatic rings. The van der Waals surface area contributed by atoms with Gasteiger partial charge in [0.05, 0.1) is 27.2 Å². The minimum Gasteiger partial charge on any atom is -0.303 e. The Kier molecular flexibility index (Phi) is 6.48. The molecule has 1 heterocycles. The van der Waals surface area contributed by atoms with Crippen molar-refractivity contribution in [2.75, 3.05) is 0 Å². The molecule has 7 heteroatoms. The zero-order chi connectivity index (χ0) is 23.8. The molecule has 0 aliphatic carbocycles. The summed E-state index contributed by atoms with van der Waals surface area (Å²) >= 11 is 12.2. The second-order valence-electron chi connectivity index (χ2n) is 7.86. The summed E-state index contributed by atoms with van der Waals surface area (Å²) in [6.45, 7) is 3.66. The molecule has 0 amide bonds. The first-order valence-corrected chi connectivity index (χ1v) is 12.5. The number of aromatic nitrogens is 1. The van der Waals surface area contributed by atoms with Crippen molar-refractivity contribution in [3.05, 3.63) is 116 Å². The lowest BCUT2D eigenvalue weighted by molar-refractivity contribution is 0.591. The van der Waals surface area contributed by atoms with E-state index in [2.05, 4.69) is 0 Å². The van der Waals surface area contributed by atoms with Crippen molar-refractivity contribution >= 4 is 33.0 Å². The molecular weight excluding hydrogens is 477 g/mol. The van der Waals surface area contributed by atoms with Crippen LogP contribution in [0.5, 0.6) is 0 Å². The fourth-order valence-electron chi connectivity index (χ4n) is 3.74. The third-order valence-corrected chi connectivity index (χ3v) is 8.10. The molecule has 1 aromatic heterocycles. The fourth-order valence-corrected chi connectivity index (χ4v) is 5.61. The molecule has 0 aliphatic heterocycles. The second-order valence-corrected chi connectivity index (χ2v) is 10.6. The van der Waals surface area contributed by atoms with Crippen molar-refractivity contribution in [2.24, 2.45) is 0 Å². The van der Waals surface area contributed by atoms with E-state index in [-0.39, 0.29) is 16.3 Å². The van der Waals surface area contributed by atoms with Gasteiger partial charge in [0.2, 0.25) is 9.84 Å². The summed E-state index contributed by atoms with van der Waals surface area (Å²) < 4.78 is 28.4. The van der Waals surface area contributed by atoms with Crippen molar-refractivity contribution in [1.82, 2.24) is 4.57 Å². The van der Waals surface area contributed by atoms with E-state index in [9.17, 15) is 13.2 Å². The Morgan fingerprint density at radius 1 is 0.818 bits per heavy atom. The second kappa shape index (κ2) is 9.18. The topological polar surface area (TPSA) is 56.1 Å². The summed E-state index contributed by atoms with van der Waals surface area (Å²) in [5, 5.41) is 0.769. The predicted molar refractivity (Wildman–Crippen MR) is 133 cm³/mol. The number of benzene rings is 3. The molecule has 168 valence electrons. The van der Waals surface area contributed by atoms with Crippen LogP contribution in [0.15, 0.2) is 93.4 Å². The van der Waals surface area contributed by atoms with E-state index in [1.54, 1.807) is 43.3 Å². The average Bonchev–Trinajstić information content (AvgIpc) is 2.78. The summed E-state index contributed by atoms with van der Waals surface area (Å²) in [7, 11) is -4.03. The van der Waals surface area contributed by atoms with Crippen LogP contribution in [0.2, 0.25) is 10.0 Å². The third kappa shape index (κ3) is 4.62. The lowest BCUT2D eigenvalue weighted by Crippen LogP contribution is -2.29. The molecule has 0 unspecified atom stereocenters. The van der Waals surface area contributed by atoms with Gasteiger partial charge in [-0.25, -0.2) is 8.42 Å². The highest BCUT2D eigenvalue weighted by molar-refractivity contribution is 7.91. The van der Waals surface area contributed by atoms with E-state index in [1.807, 2.05) is 37.3 Å². The Morgan fingerprint density at radius 3 is 2.12 bits per heavy atom. The highest BCUT2D eigenvalue weighted by atomic mass is 35.5. The molecule has 3 aromatic carbocycles. The quantitative estimate of drug-likeness (QED) is 0.324. The summed E-state index contributed by atoms with van der Waals surface area (Å²) in [4.78, 5) is 13.6. The molecule has 0 radical (unpaired) electrons. The van der Waals surface area contributed by atoms with Crippen LogP contribution in [0.4, 0.5) is 0 Å². The average molecular weight is 498 g/mol. The number of hydrogen-bond acceptors (Lipinski definition) is 3. The standard InChI is InChI=1S/C26H21Cl2NO3S/c1-17-8-11-21(12-9-17)33(31,32)25-18(2)14-24(20-6-4-3-5-7-20)29(26(25)30)16-19-10-13-22(27)23(28)15-19/h3-15H,16H2,1-2H3. The van der Waals surface area contributed by atoms with Gasteiger partial charge in [-0.1, -0.05) is 77.3 Å². The Balaban J connectivity index is 1.97. The van der Waals surface area contributed by atoms with Crippen LogP contribution >= 0.6 is 23.2 Å². The number of sulfone groups is 1. The van der Waals surface area contributed by atoms with E-state index in [4.69, 9.17) is 23.2 Å². The van der Waals surface area contributed by atoms with Gasteiger partial charge in [0.15, 0.2) is 0 Å². The molecule has 0 fully saturated rings. The summed E-state index contributed by atoms with van der Waals surface area (Å²) in [6.07, 6.45) is 0. The molecule has 4 rings (SSSR count). The molecule has 4 aromatic rings. The zero-order valence-corrected chi connectivity index (χ0v) is 20.4. The van der Waals surface area contributed by atoms with E-state index in [0.717, 1.165) is 16.7 Å². The molecule has 0 bridgehead atoms. The highest BCUT2D eigenvalue weighted by Crippen LogP contribution is 2.28.